The molecule has 0 aliphatic carbocycles. The van der Waals surface area contributed by atoms with Gasteiger partial charge in [0, 0.05) is 56.7 Å². The van der Waals surface area contributed by atoms with E-state index >= 15 is 0 Å². The standard InChI is InChI=1S/C28H40N8O2/c1-5-33(6-2)27(37)21-8-7-13-35(18-21)28-32-24-25(29-19-30-26(24)36(28)20(3)4)31-22-9-11-23(12-10-22)34-14-16-38-17-15-34/h9-12,19-21H,5-8,13-18H2,1-4H3,(H,29,30,31). The van der Waals surface area contributed by atoms with E-state index in [9.17, 15) is 4.79 Å². The number of hydrogen-bond acceptors (Lipinski definition) is 8. The number of carbonyl (C=O) groups is 1. The van der Waals surface area contributed by atoms with E-state index in [0.717, 1.165) is 81.6 Å². The van der Waals surface area contributed by atoms with Gasteiger partial charge < -0.3 is 24.8 Å². The highest BCUT2D eigenvalue weighted by Gasteiger charge is 2.31. The van der Waals surface area contributed by atoms with Crippen molar-refractivity contribution in [3.63, 3.8) is 0 Å². The molecule has 2 aromatic heterocycles. The minimum absolute atomic E-state index is 0.0160. The number of hydrogen-bond donors (Lipinski definition) is 1. The first kappa shape index (κ1) is 26.2. The van der Waals surface area contributed by atoms with Gasteiger partial charge in [-0.2, -0.15) is 0 Å². The number of aromatic nitrogens is 4. The number of morpholine rings is 1. The predicted molar refractivity (Wildman–Crippen MR) is 151 cm³/mol. The van der Waals surface area contributed by atoms with Gasteiger partial charge in [-0.15, -0.1) is 0 Å². The summed E-state index contributed by atoms with van der Waals surface area (Å²) in [7, 11) is 0. The van der Waals surface area contributed by atoms with Crippen LogP contribution in [0.2, 0.25) is 0 Å². The summed E-state index contributed by atoms with van der Waals surface area (Å²) in [5.41, 5.74) is 3.68. The molecule has 1 aromatic carbocycles. The van der Waals surface area contributed by atoms with Gasteiger partial charge >= 0.3 is 0 Å². The number of nitrogens with one attached hydrogen (secondary N) is 1. The van der Waals surface area contributed by atoms with E-state index in [1.807, 2.05) is 18.7 Å². The number of benzene rings is 1. The summed E-state index contributed by atoms with van der Waals surface area (Å²) in [5, 5.41) is 3.47. The van der Waals surface area contributed by atoms with Crippen LogP contribution in [-0.2, 0) is 9.53 Å². The first-order chi connectivity index (χ1) is 18.5. The Balaban J connectivity index is 1.41. The predicted octanol–water partition coefficient (Wildman–Crippen LogP) is 4.07. The quantitative estimate of drug-likeness (QED) is 0.475. The zero-order valence-corrected chi connectivity index (χ0v) is 23.1. The summed E-state index contributed by atoms with van der Waals surface area (Å²) in [6.07, 6.45) is 3.48. The number of amides is 1. The third kappa shape index (κ3) is 5.27. The second kappa shape index (κ2) is 11.6. The van der Waals surface area contributed by atoms with E-state index in [1.54, 1.807) is 6.33 Å². The van der Waals surface area contributed by atoms with Gasteiger partial charge in [0.15, 0.2) is 17.0 Å². The molecule has 1 N–H and O–H groups in total. The molecule has 204 valence electrons. The maximum atomic E-state index is 13.1. The lowest BCUT2D eigenvalue weighted by molar-refractivity contribution is -0.135. The Kier molecular flexibility index (Phi) is 7.97. The van der Waals surface area contributed by atoms with E-state index in [0.29, 0.717) is 12.4 Å². The zero-order valence-electron chi connectivity index (χ0n) is 23.1. The van der Waals surface area contributed by atoms with Crippen molar-refractivity contribution in [2.24, 2.45) is 5.92 Å². The Morgan fingerprint density at radius 1 is 1.08 bits per heavy atom. The molecule has 1 amide bonds. The van der Waals surface area contributed by atoms with Gasteiger partial charge in [-0.3, -0.25) is 9.36 Å². The second-order valence-electron chi connectivity index (χ2n) is 10.3. The van der Waals surface area contributed by atoms with E-state index in [2.05, 4.69) is 67.8 Å². The van der Waals surface area contributed by atoms with Crippen molar-refractivity contribution < 1.29 is 9.53 Å². The van der Waals surface area contributed by atoms with Gasteiger partial charge in [-0.1, -0.05) is 0 Å². The molecule has 0 bridgehead atoms. The van der Waals surface area contributed by atoms with Crippen molar-refractivity contribution in [2.75, 3.05) is 67.6 Å². The first-order valence-corrected chi connectivity index (χ1v) is 14.0. The number of ether oxygens (including phenoxy) is 1. The zero-order chi connectivity index (χ0) is 26.6. The maximum absolute atomic E-state index is 13.1. The largest absolute Gasteiger partial charge is 0.378 e. The van der Waals surface area contributed by atoms with Gasteiger partial charge in [-0.05, 0) is 64.8 Å². The van der Waals surface area contributed by atoms with Gasteiger partial charge in [0.25, 0.3) is 0 Å². The molecule has 0 spiro atoms. The molecule has 10 heteroatoms. The summed E-state index contributed by atoms with van der Waals surface area (Å²) in [4.78, 5) is 34.0. The highest BCUT2D eigenvalue weighted by molar-refractivity contribution is 5.88. The molecular formula is C28H40N8O2. The highest BCUT2D eigenvalue weighted by Crippen LogP contribution is 2.33. The maximum Gasteiger partial charge on any atom is 0.227 e. The second-order valence-corrected chi connectivity index (χ2v) is 10.3. The van der Waals surface area contributed by atoms with Crippen molar-refractivity contribution in [1.29, 1.82) is 0 Å². The van der Waals surface area contributed by atoms with E-state index in [-0.39, 0.29) is 17.9 Å². The number of imidazole rings is 1. The van der Waals surface area contributed by atoms with Gasteiger partial charge in [0.05, 0.1) is 19.1 Å². The van der Waals surface area contributed by atoms with Crippen LogP contribution in [0.15, 0.2) is 30.6 Å². The SMILES string of the molecule is CCN(CC)C(=O)C1CCCN(c2nc3c(Nc4ccc(N5CCOCC5)cc4)ncnc3n2C(C)C)C1. The van der Waals surface area contributed by atoms with Crippen LogP contribution in [-0.4, -0.2) is 82.8 Å². The molecule has 1 atom stereocenters. The van der Waals surface area contributed by atoms with Crippen molar-refractivity contribution >= 4 is 40.2 Å². The van der Waals surface area contributed by atoms with E-state index in [4.69, 9.17) is 9.72 Å². The summed E-state index contributed by atoms with van der Waals surface area (Å²) in [6, 6.07) is 8.57. The molecule has 2 saturated heterocycles. The number of carbonyl (C=O) groups excluding carboxylic acids is 1. The summed E-state index contributed by atoms with van der Waals surface area (Å²) in [6.45, 7) is 14.8. The van der Waals surface area contributed by atoms with Crippen LogP contribution in [0.5, 0.6) is 0 Å². The molecule has 5 rings (SSSR count). The van der Waals surface area contributed by atoms with Crippen LogP contribution in [0.4, 0.5) is 23.1 Å². The molecule has 2 fully saturated rings. The Morgan fingerprint density at radius 3 is 2.50 bits per heavy atom. The van der Waals surface area contributed by atoms with Crippen molar-refractivity contribution in [2.45, 2.75) is 46.6 Å². The molecule has 38 heavy (non-hydrogen) atoms. The Bertz CT molecular complexity index is 1230. The number of anilines is 4. The summed E-state index contributed by atoms with van der Waals surface area (Å²) in [5.74, 6) is 1.77. The third-order valence-corrected chi connectivity index (χ3v) is 7.61. The van der Waals surface area contributed by atoms with Crippen LogP contribution >= 0.6 is 0 Å². The minimum atomic E-state index is -0.0160. The average Bonchev–Trinajstić information content (AvgIpc) is 3.36. The fourth-order valence-electron chi connectivity index (χ4n) is 5.56. The van der Waals surface area contributed by atoms with Crippen molar-refractivity contribution in [3.8, 4) is 0 Å². The van der Waals surface area contributed by atoms with Crippen molar-refractivity contribution in [3.05, 3.63) is 30.6 Å². The lowest BCUT2D eigenvalue weighted by Crippen LogP contribution is -2.45. The fraction of sp³-hybridized carbons (Fsp3) is 0.571. The van der Waals surface area contributed by atoms with Crippen LogP contribution in [0.25, 0.3) is 11.2 Å². The normalized spacial score (nSPS) is 18.3. The molecular weight excluding hydrogens is 480 g/mol. The van der Waals surface area contributed by atoms with Gasteiger partial charge in [0.2, 0.25) is 11.9 Å². The molecule has 1 unspecified atom stereocenters. The molecule has 0 radical (unpaired) electrons. The average molecular weight is 521 g/mol. The van der Waals surface area contributed by atoms with Gasteiger partial charge in [-0.25, -0.2) is 15.0 Å². The molecule has 3 aromatic rings. The Labute approximate surface area is 225 Å². The summed E-state index contributed by atoms with van der Waals surface area (Å²) < 4.78 is 7.65. The number of rotatable bonds is 8. The minimum Gasteiger partial charge on any atom is -0.378 e. The first-order valence-electron chi connectivity index (χ1n) is 14.0. The molecule has 2 aliphatic rings. The fourth-order valence-corrected chi connectivity index (χ4v) is 5.56. The molecule has 4 heterocycles. The number of piperidine rings is 1. The van der Waals surface area contributed by atoms with Crippen LogP contribution in [0.1, 0.15) is 46.6 Å². The third-order valence-electron chi connectivity index (χ3n) is 7.61. The summed E-state index contributed by atoms with van der Waals surface area (Å²) >= 11 is 0. The smallest absolute Gasteiger partial charge is 0.227 e. The van der Waals surface area contributed by atoms with Crippen LogP contribution in [0.3, 0.4) is 0 Å². The topological polar surface area (TPSA) is 91.7 Å². The number of fused-ring (bicyclic) bond motifs is 1. The van der Waals surface area contributed by atoms with Crippen LogP contribution in [0, 0.1) is 5.92 Å². The Morgan fingerprint density at radius 2 is 1.82 bits per heavy atom. The monoisotopic (exact) mass is 520 g/mol. The molecule has 2 aliphatic heterocycles. The van der Waals surface area contributed by atoms with Gasteiger partial charge in [0.1, 0.15) is 6.33 Å². The van der Waals surface area contributed by atoms with Crippen molar-refractivity contribution in [1.82, 2.24) is 24.4 Å². The lowest BCUT2D eigenvalue weighted by atomic mass is 9.96. The molecule has 10 nitrogen and oxygen atoms in total. The van der Waals surface area contributed by atoms with E-state index in [1.165, 1.54) is 5.69 Å². The Hall–Kier alpha value is -3.40. The highest BCUT2D eigenvalue weighted by atomic mass is 16.5. The lowest BCUT2D eigenvalue weighted by Gasteiger charge is -2.35. The number of nitrogens with zero attached hydrogens (tertiary/aromatic N) is 7. The van der Waals surface area contributed by atoms with E-state index < -0.39 is 0 Å². The molecule has 0 saturated carbocycles. The van der Waals surface area contributed by atoms with Crippen LogP contribution < -0.4 is 15.1 Å².